The maximum atomic E-state index is 10.5. The minimum absolute atomic E-state index is 0.0885. The van der Waals surface area contributed by atoms with Crippen molar-refractivity contribution in [2.75, 3.05) is 0 Å². The summed E-state index contributed by atoms with van der Waals surface area (Å²) in [5.74, 6) is 0. The standard InChI is InChI=1S/C7H3Cl4NO2/c8-3-1-4(7(10)11)6(9)5(2-3)12(13)14/h1-2,7H. The highest BCUT2D eigenvalue weighted by molar-refractivity contribution is 6.46. The average Bonchev–Trinajstić information content (AvgIpc) is 2.07. The van der Waals surface area contributed by atoms with E-state index in [1.807, 2.05) is 0 Å². The van der Waals surface area contributed by atoms with Crippen LogP contribution in [0.2, 0.25) is 10.0 Å². The lowest BCUT2D eigenvalue weighted by molar-refractivity contribution is -0.384. The second-order valence-corrected chi connectivity index (χ2v) is 4.30. The molecule has 7 heteroatoms. The van der Waals surface area contributed by atoms with Gasteiger partial charge in [-0.25, -0.2) is 0 Å². The molecule has 1 aromatic carbocycles. The molecule has 1 rings (SSSR count). The van der Waals surface area contributed by atoms with Gasteiger partial charge in [0.15, 0.2) is 0 Å². The third kappa shape index (κ3) is 2.42. The Balaban J connectivity index is 3.40. The third-order valence-corrected chi connectivity index (χ3v) is 2.58. The van der Waals surface area contributed by atoms with Crippen molar-refractivity contribution < 1.29 is 4.92 Å². The Morgan fingerprint density at radius 1 is 1.29 bits per heavy atom. The molecular weight excluding hydrogens is 272 g/mol. The predicted molar refractivity (Wildman–Crippen MR) is 57.6 cm³/mol. The highest BCUT2D eigenvalue weighted by Crippen LogP contribution is 2.38. The summed E-state index contributed by atoms with van der Waals surface area (Å²) in [5.41, 5.74) is -0.0744. The Bertz CT molecular complexity index is 380. The largest absolute Gasteiger partial charge is 0.289 e. The van der Waals surface area contributed by atoms with Gasteiger partial charge in [-0.3, -0.25) is 10.1 Å². The number of halogens is 4. The molecule has 0 fully saturated rings. The molecule has 0 unspecified atom stereocenters. The number of nitro groups is 1. The van der Waals surface area contributed by atoms with Crippen LogP contribution in [0.5, 0.6) is 0 Å². The molecule has 0 atom stereocenters. The Morgan fingerprint density at radius 3 is 2.29 bits per heavy atom. The van der Waals surface area contributed by atoms with Crippen LogP contribution in [0.15, 0.2) is 12.1 Å². The van der Waals surface area contributed by atoms with Crippen molar-refractivity contribution in [3.05, 3.63) is 37.9 Å². The molecule has 0 heterocycles. The van der Waals surface area contributed by atoms with Gasteiger partial charge in [0.05, 0.1) is 4.92 Å². The maximum Gasteiger partial charge on any atom is 0.289 e. The van der Waals surface area contributed by atoms with E-state index in [1.54, 1.807) is 0 Å². The van der Waals surface area contributed by atoms with Gasteiger partial charge in [0.1, 0.15) is 9.86 Å². The lowest BCUT2D eigenvalue weighted by Crippen LogP contribution is -1.93. The van der Waals surface area contributed by atoms with E-state index in [9.17, 15) is 10.1 Å². The van der Waals surface area contributed by atoms with E-state index in [-0.39, 0.29) is 21.3 Å². The molecule has 0 amide bonds. The highest BCUT2D eigenvalue weighted by Gasteiger charge is 2.20. The lowest BCUT2D eigenvalue weighted by Gasteiger charge is -2.05. The molecule has 0 saturated carbocycles. The van der Waals surface area contributed by atoms with Gasteiger partial charge in [-0.15, -0.1) is 0 Å². The Morgan fingerprint density at radius 2 is 1.86 bits per heavy atom. The van der Waals surface area contributed by atoms with E-state index >= 15 is 0 Å². The lowest BCUT2D eigenvalue weighted by atomic mass is 10.2. The first kappa shape index (κ1) is 11.9. The maximum absolute atomic E-state index is 10.5. The first-order chi connectivity index (χ1) is 6.43. The third-order valence-electron chi connectivity index (χ3n) is 1.48. The average molecular weight is 275 g/mol. The van der Waals surface area contributed by atoms with Crippen LogP contribution in [-0.2, 0) is 0 Å². The topological polar surface area (TPSA) is 43.1 Å². The molecule has 0 radical (unpaired) electrons. The van der Waals surface area contributed by atoms with Gasteiger partial charge in [-0.2, -0.15) is 0 Å². The molecule has 14 heavy (non-hydrogen) atoms. The smallest absolute Gasteiger partial charge is 0.258 e. The zero-order chi connectivity index (χ0) is 10.9. The molecule has 0 aliphatic heterocycles. The molecule has 0 saturated heterocycles. The molecule has 0 bridgehead atoms. The van der Waals surface area contributed by atoms with Crippen molar-refractivity contribution in [1.82, 2.24) is 0 Å². The Kier molecular flexibility index (Phi) is 3.84. The summed E-state index contributed by atoms with van der Waals surface area (Å²) in [5, 5.41) is 10.6. The summed E-state index contributed by atoms with van der Waals surface area (Å²) in [6.07, 6.45) is 0. The van der Waals surface area contributed by atoms with Crippen molar-refractivity contribution in [1.29, 1.82) is 0 Å². The van der Waals surface area contributed by atoms with Crippen LogP contribution in [-0.4, -0.2) is 4.92 Å². The van der Waals surface area contributed by atoms with Crippen LogP contribution in [0.1, 0.15) is 10.4 Å². The van der Waals surface area contributed by atoms with E-state index in [0.29, 0.717) is 0 Å². The zero-order valence-corrected chi connectivity index (χ0v) is 9.53. The summed E-state index contributed by atoms with van der Waals surface area (Å²) in [6.45, 7) is 0. The Labute approximate surface area is 99.7 Å². The van der Waals surface area contributed by atoms with Crippen LogP contribution >= 0.6 is 46.4 Å². The predicted octanol–water partition coefficient (Wildman–Crippen LogP) is 4.38. The first-order valence-electron chi connectivity index (χ1n) is 3.35. The minimum Gasteiger partial charge on any atom is -0.258 e. The van der Waals surface area contributed by atoms with Crippen molar-refractivity contribution in [3.8, 4) is 0 Å². The summed E-state index contributed by atoms with van der Waals surface area (Å²) >= 11 is 22.4. The Hall–Kier alpha value is -0.220. The number of rotatable bonds is 2. The van der Waals surface area contributed by atoms with E-state index in [1.165, 1.54) is 6.07 Å². The number of alkyl halides is 2. The summed E-state index contributed by atoms with van der Waals surface area (Å²) in [7, 11) is 0. The van der Waals surface area contributed by atoms with Gasteiger partial charge >= 0.3 is 0 Å². The van der Waals surface area contributed by atoms with Crippen molar-refractivity contribution in [2.45, 2.75) is 4.84 Å². The number of benzene rings is 1. The fourth-order valence-electron chi connectivity index (χ4n) is 0.887. The molecule has 0 aliphatic rings. The second kappa shape index (κ2) is 4.53. The fourth-order valence-corrected chi connectivity index (χ4v) is 1.85. The number of hydrogen-bond acceptors (Lipinski definition) is 2. The zero-order valence-electron chi connectivity index (χ0n) is 6.51. The number of nitro benzene ring substituents is 1. The van der Waals surface area contributed by atoms with E-state index in [2.05, 4.69) is 0 Å². The van der Waals surface area contributed by atoms with Gasteiger partial charge in [-0.1, -0.05) is 46.4 Å². The molecule has 3 nitrogen and oxygen atoms in total. The molecule has 1 aromatic rings. The molecule has 0 spiro atoms. The summed E-state index contributed by atoms with van der Waals surface area (Å²) in [6, 6.07) is 2.53. The first-order valence-corrected chi connectivity index (χ1v) is 4.98. The monoisotopic (exact) mass is 273 g/mol. The highest BCUT2D eigenvalue weighted by atomic mass is 35.5. The quantitative estimate of drug-likeness (QED) is 0.456. The van der Waals surface area contributed by atoms with E-state index < -0.39 is 9.76 Å². The summed E-state index contributed by atoms with van der Waals surface area (Å²) < 4.78 is 0. The fraction of sp³-hybridized carbons (Fsp3) is 0.143. The van der Waals surface area contributed by atoms with Gasteiger partial charge in [0, 0.05) is 16.7 Å². The number of hydrogen-bond donors (Lipinski definition) is 0. The van der Waals surface area contributed by atoms with Gasteiger partial charge in [0.25, 0.3) is 5.69 Å². The number of nitrogens with zero attached hydrogens (tertiary/aromatic N) is 1. The van der Waals surface area contributed by atoms with Crippen molar-refractivity contribution >= 4 is 52.1 Å². The van der Waals surface area contributed by atoms with Crippen molar-refractivity contribution in [2.24, 2.45) is 0 Å². The van der Waals surface area contributed by atoms with Gasteiger partial charge < -0.3 is 0 Å². The molecule has 0 aliphatic carbocycles. The second-order valence-electron chi connectivity index (χ2n) is 2.39. The van der Waals surface area contributed by atoms with Crippen LogP contribution in [0.25, 0.3) is 0 Å². The van der Waals surface area contributed by atoms with Gasteiger partial charge in [-0.05, 0) is 6.07 Å². The van der Waals surface area contributed by atoms with Crippen LogP contribution in [0.4, 0.5) is 5.69 Å². The van der Waals surface area contributed by atoms with E-state index in [0.717, 1.165) is 6.07 Å². The molecule has 76 valence electrons. The SMILES string of the molecule is O=[N+]([O-])c1cc(Cl)cc(C(Cl)Cl)c1Cl. The van der Waals surface area contributed by atoms with Crippen LogP contribution < -0.4 is 0 Å². The van der Waals surface area contributed by atoms with Crippen LogP contribution in [0, 0.1) is 10.1 Å². The minimum atomic E-state index is -0.945. The molecule has 0 N–H and O–H groups in total. The summed E-state index contributed by atoms with van der Waals surface area (Å²) in [4.78, 5) is 8.94. The van der Waals surface area contributed by atoms with Gasteiger partial charge in [0.2, 0.25) is 0 Å². The normalized spacial score (nSPS) is 10.6. The molecular formula is C7H3Cl4NO2. The van der Waals surface area contributed by atoms with Crippen LogP contribution in [0.3, 0.4) is 0 Å². The van der Waals surface area contributed by atoms with Crippen molar-refractivity contribution in [3.63, 3.8) is 0 Å². The van der Waals surface area contributed by atoms with E-state index in [4.69, 9.17) is 46.4 Å². The molecule has 0 aromatic heterocycles.